The first-order valence-electron chi connectivity index (χ1n) is 7.68. The summed E-state index contributed by atoms with van der Waals surface area (Å²) in [5.41, 5.74) is 1.57. The molecule has 2 heterocycles. The van der Waals surface area contributed by atoms with E-state index in [0.717, 1.165) is 24.8 Å². The van der Waals surface area contributed by atoms with Crippen LogP contribution in [-0.4, -0.2) is 30.1 Å². The van der Waals surface area contributed by atoms with Crippen LogP contribution >= 0.6 is 0 Å². The largest absolute Gasteiger partial charge is 0.357 e. The predicted octanol–water partition coefficient (Wildman–Crippen LogP) is 3.48. The summed E-state index contributed by atoms with van der Waals surface area (Å²) in [7, 11) is 1.87. The van der Waals surface area contributed by atoms with E-state index in [1.807, 2.05) is 13.2 Å². The SMILES string of the molecule is CNc1ncc(C)c(N2CCCC(C(C)(C)C)CC2)n1. The summed E-state index contributed by atoms with van der Waals surface area (Å²) < 4.78 is 0. The summed E-state index contributed by atoms with van der Waals surface area (Å²) in [4.78, 5) is 11.4. The average Bonchev–Trinajstić information content (AvgIpc) is 2.64. The summed E-state index contributed by atoms with van der Waals surface area (Å²) in [6.07, 6.45) is 5.74. The summed E-state index contributed by atoms with van der Waals surface area (Å²) in [6.45, 7) is 11.4. The molecule has 4 heteroatoms. The van der Waals surface area contributed by atoms with Crippen molar-refractivity contribution < 1.29 is 0 Å². The molecule has 0 radical (unpaired) electrons. The molecule has 1 N–H and O–H groups in total. The van der Waals surface area contributed by atoms with Crippen molar-refractivity contribution in [1.82, 2.24) is 9.97 Å². The van der Waals surface area contributed by atoms with Crippen LogP contribution < -0.4 is 10.2 Å². The van der Waals surface area contributed by atoms with Crippen molar-refractivity contribution in [2.45, 2.75) is 47.0 Å². The van der Waals surface area contributed by atoms with E-state index in [9.17, 15) is 0 Å². The number of hydrogen-bond acceptors (Lipinski definition) is 4. The molecule has 2 rings (SSSR count). The second-order valence-corrected chi connectivity index (χ2v) is 6.93. The Balaban J connectivity index is 2.14. The second kappa shape index (κ2) is 5.98. The molecule has 20 heavy (non-hydrogen) atoms. The molecule has 0 saturated carbocycles. The van der Waals surface area contributed by atoms with E-state index in [0.29, 0.717) is 11.4 Å². The van der Waals surface area contributed by atoms with Crippen LogP contribution in [-0.2, 0) is 0 Å². The lowest BCUT2D eigenvalue weighted by molar-refractivity contribution is 0.220. The Hall–Kier alpha value is -1.32. The van der Waals surface area contributed by atoms with Gasteiger partial charge in [-0.3, -0.25) is 0 Å². The minimum Gasteiger partial charge on any atom is -0.357 e. The first-order chi connectivity index (χ1) is 9.41. The summed E-state index contributed by atoms with van der Waals surface area (Å²) in [6, 6.07) is 0. The van der Waals surface area contributed by atoms with Crippen LogP contribution in [0.5, 0.6) is 0 Å². The van der Waals surface area contributed by atoms with Gasteiger partial charge in [-0.15, -0.1) is 0 Å². The molecule has 1 aromatic rings. The van der Waals surface area contributed by atoms with Crippen molar-refractivity contribution in [3.05, 3.63) is 11.8 Å². The number of aryl methyl sites for hydroxylation is 1. The maximum Gasteiger partial charge on any atom is 0.224 e. The predicted molar refractivity (Wildman–Crippen MR) is 85.3 cm³/mol. The van der Waals surface area contributed by atoms with Crippen LogP contribution in [0.1, 0.15) is 45.6 Å². The fourth-order valence-electron chi connectivity index (χ4n) is 3.05. The van der Waals surface area contributed by atoms with Gasteiger partial charge >= 0.3 is 0 Å². The Kier molecular flexibility index (Phi) is 4.51. The van der Waals surface area contributed by atoms with Gasteiger partial charge in [0.2, 0.25) is 5.95 Å². The molecule has 0 spiro atoms. The molecule has 1 fully saturated rings. The van der Waals surface area contributed by atoms with Crippen molar-refractivity contribution in [2.75, 3.05) is 30.4 Å². The summed E-state index contributed by atoms with van der Waals surface area (Å²) >= 11 is 0. The monoisotopic (exact) mass is 276 g/mol. The molecule has 4 nitrogen and oxygen atoms in total. The number of anilines is 2. The Morgan fingerprint density at radius 1 is 1.25 bits per heavy atom. The zero-order valence-corrected chi connectivity index (χ0v) is 13.5. The van der Waals surface area contributed by atoms with Gasteiger partial charge in [0.15, 0.2) is 0 Å². The lowest BCUT2D eigenvalue weighted by atomic mass is 9.77. The van der Waals surface area contributed by atoms with E-state index < -0.39 is 0 Å². The van der Waals surface area contributed by atoms with E-state index in [2.05, 4.69) is 47.9 Å². The molecular formula is C16H28N4. The number of hydrogen-bond donors (Lipinski definition) is 1. The Morgan fingerprint density at radius 3 is 2.65 bits per heavy atom. The fraction of sp³-hybridized carbons (Fsp3) is 0.750. The highest BCUT2D eigenvalue weighted by Crippen LogP contribution is 2.35. The molecule has 1 saturated heterocycles. The number of nitrogens with one attached hydrogen (secondary N) is 1. The van der Waals surface area contributed by atoms with Gasteiger partial charge in [0.05, 0.1) is 0 Å². The molecule has 1 aliphatic rings. The Labute approximate surface area is 123 Å². The highest BCUT2D eigenvalue weighted by molar-refractivity contribution is 5.48. The summed E-state index contributed by atoms with van der Waals surface area (Å²) in [5, 5.41) is 3.03. The van der Waals surface area contributed by atoms with E-state index in [1.54, 1.807) is 0 Å². The zero-order chi connectivity index (χ0) is 14.8. The van der Waals surface area contributed by atoms with E-state index >= 15 is 0 Å². The van der Waals surface area contributed by atoms with Crippen molar-refractivity contribution in [1.29, 1.82) is 0 Å². The lowest BCUT2D eigenvalue weighted by Crippen LogP contribution is -2.27. The van der Waals surface area contributed by atoms with E-state index in [4.69, 9.17) is 0 Å². The van der Waals surface area contributed by atoms with Gasteiger partial charge in [-0.05, 0) is 37.5 Å². The zero-order valence-electron chi connectivity index (χ0n) is 13.5. The standard InChI is InChI=1S/C16H28N4/c1-12-11-18-15(17-5)19-14(12)20-9-6-7-13(8-10-20)16(2,3)4/h11,13H,6-10H2,1-5H3,(H,17,18,19). The first kappa shape index (κ1) is 15.1. The van der Waals surface area contributed by atoms with Crippen LogP contribution in [0, 0.1) is 18.3 Å². The fourth-order valence-corrected chi connectivity index (χ4v) is 3.05. The molecule has 1 aromatic heterocycles. The van der Waals surface area contributed by atoms with Gasteiger partial charge in [0.25, 0.3) is 0 Å². The normalized spacial score (nSPS) is 20.6. The molecule has 112 valence electrons. The Morgan fingerprint density at radius 2 is 2.00 bits per heavy atom. The van der Waals surface area contributed by atoms with Gasteiger partial charge in [-0.25, -0.2) is 4.98 Å². The molecule has 0 amide bonds. The second-order valence-electron chi connectivity index (χ2n) is 6.93. The van der Waals surface area contributed by atoms with Crippen molar-refractivity contribution in [2.24, 2.45) is 11.3 Å². The number of rotatable bonds is 2. The lowest BCUT2D eigenvalue weighted by Gasteiger charge is -2.30. The van der Waals surface area contributed by atoms with E-state index in [-0.39, 0.29) is 0 Å². The van der Waals surface area contributed by atoms with Gasteiger partial charge in [0, 0.05) is 31.9 Å². The van der Waals surface area contributed by atoms with Crippen molar-refractivity contribution in [3.8, 4) is 0 Å². The number of aromatic nitrogens is 2. The van der Waals surface area contributed by atoms with Crippen LogP contribution in [0.3, 0.4) is 0 Å². The van der Waals surface area contributed by atoms with Crippen molar-refractivity contribution in [3.63, 3.8) is 0 Å². The third-order valence-electron chi connectivity index (χ3n) is 4.42. The van der Waals surface area contributed by atoms with Gasteiger partial charge < -0.3 is 10.2 Å². The molecule has 0 aromatic carbocycles. The molecular weight excluding hydrogens is 248 g/mol. The van der Waals surface area contributed by atoms with Crippen LogP contribution in [0.4, 0.5) is 11.8 Å². The molecule has 0 aliphatic carbocycles. The topological polar surface area (TPSA) is 41.1 Å². The molecule has 0 bridgehead atoms. The quantitative estimate of drug-likeness (QED) is 0.898. The Bertz CT molecular complexity index is 450. The average molecular weight is 276 g/mol. The third kappa shape index (κ3) is 3.41. The highest BCUT2D eigenvalue weighted by atomic mass is 15.2. The van der Waals surface area contributed by atoms with Crippen LogP contribution in [0.15, 0.2) is 6.20 Å². The maximum atomic E-state index is 4.65. The first-order valence-corrected chi connectivity index (χ1v) is 7.68. The minimum atomic E-state index is 0.410. The molecule has 1 unspecified atom stereocenters. The molecule has 1 atom stereocenters. The smallest absolute Gasteiger partial charge is 0.224 e. The molecule has 1 aliphatic heterocycles. The van der Waals surface area contributed by atoms with Gasteiger partial charge in [-0.1, -0.05) is 20.8 Å². The van der Waals surface area contributed by atoms with Crippen LogP contribution in [0.25, 0.3) is 0 Å². The van der Waals surface area contributed by atoms with Crippen LogP contribution in [0.2, 0.25) is 0 Å². The number of nitrogens with zero attached hydrogens (tertiary/aromatic N) is 3. The third-order valence-corrected chi connectivity index (χ3v) is 4.42. The van der Waals surface area contributed by atoms with Gasteiger partial charge in [0.1, 0.15) is 5.82 Å². The maximum absolute atomic E-state index is 4.65. The minimum absolute atomic E-state index is 0.410. The highest BCUT2D eigenvalue weighted by Gasteiger charge is 2.27. The van der Waals surface area contributed by atoms with E-state index in [1.165, 1.54) is 24.8 Å². The van der Waals surface area contributed by atoms with Gasteiger partial charge in [-0.2, -0.15) is 4.98 Å². The van der Waals surface area contributed by atoms with Crippen molar-refractivity contribution >= 4 is 11.8 Å². The summed E-state index contributed by atoms with van der Waals surface area (Å²) in [5.74, 6) is 2.61.